The second kappa shape index (κ2) is 5.91. The molecule has 0 amide bonds. The number of benzene rings is 1. The Kier molecular flexibility index (Phi) is 4.25. The highest BCUT2D eigenvalue weighted by atomic mass is 16.7. The molecule has 1 aromatic carbocycles. The fraction of sp³-hybridized carbons (Fsp3) is 0.357. The molecule has 96 valence electrons. The van der Waals surface area contributed by atoms with E-state index in [4.69, 9.17) is 9.47 Å². The minimum absolute atomic E-state index is 0.468. The summed E-state index contributed by atoms with van der Waals surface area (Å²) in [5, 5.41) is 11.1. The molecule has 4 heteroatoms. The maximum absolute atomic E-state index is 10.1. The minimum atomic E-state index is -0.703. The molecule has 1 heterocycles. The number of pyridine rings is 1. The van der Waals surface area contributed by atoms with Crippen LogP contribution in [0.5, 0.6) is 0 Å². The predicted octanol–water partition coefficient (Wildman–Crippen LogP) is 1.76. The summed E-state index contributed by atoms with van der Waals surface area (Å²) >= 11 is 0. The molecule has 0 fully saturated rings. The zero-order valence-corrected chi connectivity index (χ0v) is 10.5. The largest absolute Gasteiger partial charge is 0.387 e. The van der Waals surface area contributed by atoms with Crippen LogP contribution >= 0.6 is 0 Å². The van der Waals surface area contributed by atoms with Crippen molar-refractivity contribution in [3.05, 3.63) is 42.1 Å². The van der Waals surface area contributed by atoms with Gasteiger partial charge in [0.15, 0.2) is 6.29 Å². The Morgan fingerprint density at radius 3 is 2.61 bits per heavy atom. The van der Waals surface area contributed by atoms with Gasteiger partial charge < -0.3 is 14.6 Å². The molecular weight excluding hydrogens is 230 g/mol. The van der Waals surface area contributed by atoms with Crippen molar-refractivity contribution in [1.82, 2.24) is 4.98 Å². The number of rotatable bonds is 5. The van der Waals surface area contributed by atoms with Crippen molar-refractivity contribution in [3.8, 4) is 0 Å². The topological polar surface area (TPSA) is 51.6 Å². The lowest BCUT2D eigenvalue weighted by Gasteiger charge is -2.20. The smallest absolute Gasteiger partial charge is 0.183 e. The molecule has 18 heavy (non-hydrogen) atoms. The molecule has 0 spiro atoms. The van der Waals surface area contributed by atoms with Gasteiger partial charge in [-0.1, -0.05) is 18.2 Å². The first-order valence-corrected chi connectivity index (χ1v) is 5.82. The van der Waals surface area contributed by atoms with Gasteiger partial charge in [-0.2, -0.15) is 0 Å². The first kappa shape index (κ1) is 13.0. The highest BCUT2D eigenvalue weighted by Crippen LogP contribution is 2.18. The summed E-state index contributed by atoms with van der Waals surface area (Å²) in [6.07, 6.45) is 0.900. The van der Waals surface area contributed by atoms with Crippen LogP contribution in [0.15, 0.2) is 36.5 Å². The van der Waals surface area contributed by atoms with Gasteiger partial charge in [0.05, 0.1) is 5.52 Å². The number of aliphatic hydroxyl groups excluding tert-OH is 1. The van der Waals surface area contributed by atoms with E-state index in [1.54, 1.807) is 6.20 Å². The number of aliphatic hydroxyl groups is 1. The number of ether oxygens (including phenoxy) is 2. The number of hydrogen-bond acceptors (Lipinski definition) is 4. The van der Waals surface area contributed by atoms with Gasteiger partial charge in [-0.3, -0.25) is 4.98 Å². The van der Waals surface area contributed by atoms with Crippen molar-refractivity contribution in [1.29, 1.82) is 0 Å². The van der Waals surface area contributed by atoms with E-state index >= 15 is 0 Å². The van der Waals surface area contributed by atoms with E-state index in [0.29, 0.717) is 6.42 Å². The Morgan fingerprint density at radius 1 is 1.17 bits per heavy atom. The molecule has 2 aromatic rings. The van der Waals surface area contributed by atoms with Crippen LogP contribution in [0, 0.1) is 0 Å². The Morgan fingerprint density at radius 2 is 1.89 bits per heavy atom. The molecule has 4 nitrogen and oxygen atoms in total. The second-order valence-electron chi connectivity index (χ2n) is 4.10. The minimum Gasteiger partial charge on any atom is -0.387 e. The number of fused-ring (bicyclic) bond motifs is 1. The van der Waals surface area contributed by atoms with Crippen LogP contribution < -0.4 is 0 Å². The van der Waals surface area contributed by atoms with E-state index in [1.807, 2.05) is 30.3 Å². The van der Waals surface area contributed by atoms with Gasteiger partial charge in [0.25, 0.3) is 0 Å². The van der Waals surface area contributed by atoms with Gasteiger partial charge >= 0.3 is 0 Å². The molecule has 1 atom stereocenters. The maximum Gasteiger partial charge on any atom is 0.183 e. The Labute approximate surface area is 106 Å². The molecule has 0 bridgehead atoms. The van der Waals surface area contributed by atoms with E-state index in [1.165, 1.54) is 14.2 Å². The molecule has 0 aliphatic rings. The van der Waals surface area contributed by atoms with Gasteiger partial charge in [-0.25, -0.2) is 0 Å². The number of hydrogen-bond donors (Lipinski definition) is 1. The van der Waals surface area contributed by atoms with Crippen LogP contribution in [0.25, 0.3) is 10.9 Å². The van der Waals surface area contributed by atoms with E-state index in [9.17, 15) is 5.11 Å². The Bertz CT molecular complexity index is 506. The van der Waals surface area contributed by atoms with Gasteiger partial charge in [-0.05, 0) is 17.7 Å². The van der Waals surface area contributed by atoms with Crippen LogP contribution in [-0.4, -0.2) is 36.7 Å². The lowest BCUT2D eigenvalue weighted by Crippen LogP contribution is -2.31. The summed E-state index contributed by atoms with van der Waals surface area (Å²) < 4.78 is 10.1. The standard InChI is InChI=1S/C14H17NO3/c1-17-14(18-2)13(16)9-10-7-8-15-12-6-4-3-5-11(10)12/h3-8,13-14,16H,9H2,1-2H3. The van der Waals surface area contributed by atoms with E-state index in [-0.39, 0.29) is 0 Å². The Hall–Kier alpha value is -1.49. The molecule has 0 radical (unpaired) electrons. The molecule has 2 rings (SSSR count). The lowest BCUT2D eigenvalue weighted by molar-refractivity contribution is -0.163. The summed E-state index contributed by atoms with van der Waals surface area (Å²) in [4.78, 5) is 4.29. The third-order valence-corrected chi connectivity index (χ3v) is 2.95. The Balaban J connectivity index is 2.26. The molecule has 0 saturated heterocycles. The second-order valence-corrected chi connectivity index (χ2v) is 4.10. The van der Waals surface area contributed by atoms with E-state index in [0.717, 1.165) is 16.5 Å². The van der Waals surface area contributed by atoms with Crippen molar-refractivity contribution < 1.29 is 14.6 Å². The molecule has 0 saturated carbocycles. The SMILES string of the molecule is COC(OC)C(O)Cc1ccnc2ccccc12. The van der Waals surface area contributed by atoms with Crippen molar-refractivity contribution in [3.63, 3.8) is 0 Å². The summed E-state index contributed by atoms with van der Waals surface area (Å²) in [5.41, 5.74) is 1.96. The normalized spacial score (nSPS) is 13.1. The maximum atomic E-state index is 10.1. The number of methoxy groups -OCH3 is 2. The van der Waals surface area contributed by atoms with Crippen LogP contribution in [0.4, 0.5) is 0 Å². The average molecular weight is 247 g/mol. The zero-order chi connectivity index (χ0) is 13.0. The molecule has 1 N–H and O–H groups in total. The third kappa shape index (κ3) is 2.67. The first-order chi connectivity index (χ1) is 8.76. The fourth-order valence-electron chi connectivity index (χ4n) is 2.07. The summed E-state index contributed by atoms with van der Waals surface area (Å²) in [5.74, 6) is 0. The molecule has 0 aliphatic carbocycles. The van der Waals surface area contributed by atoms with Crippen molar-refractivity contribution in [2.24, 2.45) is 0 Å². The van der Waals surface area contributed by atoms with Crippen molar-refractivity contribution >= 4 is 10.9 Å². The zero-order valence-electron chi connectivity index (χ0n) is 10.5. The van der Waals surface area contributed by atoms with Gasteiger partial charge in [0.2, 0.25) is 0 Å². The summed E-state index contributed by atoms with van der Waals surface area (Å²) in [6, 6.07) is 9.77. The van der Waals surface area contributed by atoms with E-state index in [2.05, 4.69) is 4.98 Å². The van der Waals surface area contributed by atoms with Crippen LogP contribution in [-0.2, 0) is 15.9 Å². The van der Waals surface area contributed by atoms with Crippen molar-refractivity contribution in [2.45, 2.75) is 18.8 Å². The monoisotopic (exact) mass is 247 g/mol. The first-order valence-electron chi connectivity index (χ1n) is 5.82. The molecule has 0 aliphatic heterocycles. The van der Waals surface area contributed by atoms with Gasteiger partial charge in [0.1, 0.15) is 6.10 Å². The van der Waals surface area contributed by atoms with E-state index < -0.39 is 12.4 Å². The van der Waals surface area contributed by atoms with Crippen LogP contribution in [0.2, 0.25) is 0 Å². The number of aromatic nitrogens is 1. The number of nitrogens with zero attached hydrogens (tertiary/aromatic N) is 1. The molecule has 1 aromatic heterocycles. The van der Waals surface area contributed by atoms with Crippen molar-refractivity contribution in [2.75, 3.05) is 14.2 Å². The van der Waals surface area contributed by atoms with Crippen LogP contribution in [0.1, 0.15) is 5.56 Å². The third-order valence-electron chi connectivity index (χ3n) is 2.95. The lowest BCUT2D eigenvalue weighted by atomic mass is 10.0. The highest BCUT2D eigenvalue weighted by molar-refractivity contribution is 5.81. The summed E-state index contributed by atoms with van der Waals surface area (Å²) in [7, 11) is 3.03. The quantitative estimate of drug-likeness (QED) is 0.818. The van der Waals surface area contributed by atoms with Gasteiger partial charge in [-0.15, -0.1) is 0 Å². The number of para-hydroxylation sites is 1. The van der Waals surface area contributed by atoms with Crippen LogP contribution in [0.3, 0.4) is 0 Å². The molecular formula is C14H17NO3. The summed E-state index contributed by atoms with van der Waals surface area (Å²) in [6.45, 7) is 0. The average Bonchev–Trinajstić information content (AvgIpc) is 2.40. The predicted molar refractivity (Wildman–Crippen MR) is 69.3 cm³/mol. The van der Waals surface area contributed by atoms with Gasteiger partial charge in [0, 0.05) is 32.2 Å². The highest BCUT2D eigenvalue weighted by Gasteiger charge is 2.19. The fourth-order valence-corrected chi connectivity index (χ4v) is 2.07. The molecule has 1 unspecified atom stereocenters.